The molecule has 2 N–H and O–H groups in total. The lowest BCUT2D eigenvalue weighted by Crippen LogP contribution is -2.20. The molecule has 1 aliphatic heterocycles. The zero-order chi connectivity index (χ0) is 33.0. The summed E-state index contributed by atoms with van der Waals surface area (Å²) >= 11 is 0. The van der Waals surface area contributed by atoms with E-state index in [2.05, 4.69) is 127 Å². The Bertz CT molecular complexity index is 2270. The number of allylic oxidation sites excluding steroid dienone is 1. The molecule has 49 heavy (non-hydrogen) atoms. The van der Waals surface area contributed by atoms with Gasteiger partial charge in [0.25, 0.3) is 0 Å². The van der Waals surface area contributed by atoms with Crippen molar-refractivity contribution >= 4 is 28.8 Å². The van der Waals surface area contributed by atoms with Crippen LogP contribution in [0.5, 0.6) is 0 Å². The second-order valence-corrected chi connectivity index (χ2v) is 12.1. The molecule has 3 heteroatoms. The summed E-state index contributed by atoms with van der Waals surface area (Å²) in [7, 11) is 0. The van der Waals surface area contributed by atoms with Crippen molar-refractivity contribution in [2.24, 2.45) is 0 Å². The van der Waals surface area contributed by atoms with E-state index in [4.69, 9.17) is 4.98 Å². The molecule has 7 aromatic rings. The number of aromatic nitrogens is 1. The lowest BCUT2D eigenvalue weighted by molar-refractivity contribution is 1.22. The molecule has 0 spiro atoms. The van der Waals surface area contributed by atoms with Gasteiger partial charge in [-0.15, -0.1) is 0 Å². The molecule has 0 aliphatic carbocycles. The van der Waals surface area contributed by atoms with Crippen LogP contribution >= 0.6 is 0 Å². The summed E-state index contributed by atoms with van der Waals surface area (Å²) < 4.78 is 0. The van der Waals surface area contributed by atoms with E-state index in [0.717, 1.165) is 78.4 Å². The van der Waals surface area contributed by atoms with Gasteiger partial charge in [-0.3, -0.25) is 5.41 Å². The van der Waals surface area contributed by atoms with Crippen LogP contribution in [0.1, 0.15) is 27.8 Å². The van der Waals surface area contributed by atoms with Crippen molar-refractivity contribution in [2.75, 3.05) is 0 Å². The number of rotatable bonds is 7. The molecule has 0 atom stereocenters. The molecule has 0 radical (unpaired) electrons. The Balaban J connectivity index is 1.37. The molecule has 1 aromatic heterocycles. The fourth-order valence-corrected chi connectivity index (χ4v) is 6.42. The predicted octanol–water partition coefficient (Wildman–Crippen LogP) is 11.1. The van der Waals surface area contributed by atoms with Crippen LogP contribution in [0.4, 0.5) is 0 Å². The summed E-state index contributed by atoms with van der Waals surface area (Å²) in [5.74, 6) is 0. The molecule has 0 fully saturated rings. The summed E-state index contributed by atoms with van der Waals surface area (Å²) in [6.07, 6.45) is 2.21. The van der Waals surface area contributed by atoms with Crippen LogP contribution in [0.3, 0.4) is 0 Å². The fraction of sp³-hybridized carbons (Fsp3) is 0. The van der Waals surface area contributed by atoms with E-state index in [9.17, 15) is 5.41 Å². The van der Waals surface area contributed by atoms with Gasteiger partial charge in [0.1, 0.15) is 0 Å². The monoisotopic (exact) mass is 627 g/mol. The van der Waals surface area contributed by atoms with Crippen molar-refractivity contribution in [3.05, 3.63) is 210 Å². The molecule has 0 saturated carbocycles. The number of nitrogens with one attached hydrogen (secondary N) is 2. The summed E-state index contributed by atoms with van der Waals surface area (Å²) in [6.45, 7) is 0. The molecular weight excluding hydrogens is 595 g/mol. The highest BCUT2D eigenvalue weighted by Crippen LogP contribution is 2.39. The minimum atomic E-state index is 0.460. The average Bonchev–Trinajstić information content (AvgIpc) is 3.19. The Labute approximate surface area is 287 Å². The van der Waals surface area contributed by atoms with Crippen LogP contribution in [-0.4, -0.2) is 10.7 Å². The fourth-order valence-electron chi connectivity index (χ4n) is 6.42. The molecule has 0 bridgehead atoms. The molecule has 2 heterocycles. The molecule has 0 unspecified atom stereocenters. The van der Waals surface area contributed by atoms with Crippen molar-refractivity contribution in [1.29, 1.82) is 5.41 Å². The predicted molar refractivity (Wildman–Crippen MR) is 205 cm³/mol. The Morgan fingerprint density at radius 1 is 0.449 bits per heavy atom. The van der Waals surface area contributed by atoms with Gasteiger partial charge in [0.2, 0.25) is 0 Å². The third-order valence-corrected chi connectivity index (χ3v) is 8.89. The number of benzene rings is 6. The Kier molecular flexibility index (Phi) is 8.07. The van der Waals surface area contributed by atoms with Crippen LogP contribution < -0.4 is 5.32 Å². The van der Waals surface area contributed by atoms with Crippen molar-refractivity contribution in [3.8, 4) is 33.6 Å². The van der Waals surface area contributed by atoms with Gasteiger partial charge in [0, 0.05) is 33.5 Å². The standard InChI is InChI=1S/C46H33N3/c47-45(36-24-14-5-15-25-36)44(35-22-12-4-13-23-35)46-40-28-37(26-27-38(40)29-43(49-46)34-20-10-3-11-21-34)39-30-41(32-16-6-1-7-17-32)48-42(31-39)33-18-8-2-9-19-33/h1-31,47,49H/b46-44-,47-45?. The molecular formula is C46H33N3. The van der Waals surface area contributed by atoms with E-state index in [1.807, 2.05) is 66.7 Å². The topological polar surface area (TPSA) is 48.8 Å². The minimum Gasteiger partial charge on any atom is -0.354 e. The zero-order valence-corrected chi connectivity index (χ0v) is 26.8. The van der Waals surface area contributed by atoms with Gasteiger partial charge in [-0.1, -0.05) is 164 Å². The third kappa shape index (κ3) is 6.14. The van der Waals surface area contributed by atoms with Crippen LogP contribution in [0, 0.1) is 5.41 Å². The SMILES string of the molecule is N=C(/C(=C1\NC(c2ccccc2)=Cc2ccc(-c3cc(-c4ccccc4)nc(-c4ccccc4)c3)cc21)c1ccccc1)c1ccccc1. The number of nitrogens with zero attached hydrogens (tertiary/aromatic N) is 1. The summed E-state index contributed by atoms with van der Waals surface area (Å²) in [5.41, 5.74) is 14.4. The van der Waals surface area contributed by atoms with Gasteiger partial charge in [-0.25, -0.2) is 4.98 Å². The second-order valence-electron chi connectivity index (χ2n) is 12.1. The number of hydrogen-bond acceptors (Lipinski definition) is 3. The quantitative estimate of drug-likeness (QED) is 0.173. The van der Waals surface area contributed by atoms with Gasteiger partial charge in [-0.2, -0.15) is 0 Å². The van der Waals surface area contributed by atoms with Crippen molar-refractivity contribution in [1.82, 2.24) is 10.3 Å². The van der Waals surface area contributed by atoms with Crippen LogP contribution in [0.25, 0.3) is 56.7 Å². The summed E-state index contributed by atoms with van der Waals surface area (Å²) in [5, 5.41) is 13.4. The minimum absolute atomic E-state index is 0.460. The van der Waals surface area contributed by atoms with E-state index < -0.39 is 0 Å². The molecule has 1 aliphatic rings. The average molecular weight is 628 g/mol. The first-order valence-electron chi connectivity index (χ1n) is 16.5. The van der Waals surface area contributed by atoms with Crippen molar-refractivity contribution in [2.45, 2.75) is 0 Å². The first-order valence-corrected chi connectivity index (χ1v) is 16.5. The normalized spacial score (nSPS) is 13.1. The highest BCUT2D eigenvalue weighted by Gasteiger charge is 2.24. The van der Waals surface area contributed by atoms with E-state index in [0.29, 0.717) is 5.71 Å². The smallest absolute Gasteiger partial charge is 0.0715 e. The molecule has 232 valence electrons. The van der Waals surface area contributed by atoms with E-state index in [-0.39, 0.29) is 0 Å². The van der Waals surface area contributed by atoms with Crippen LogP contribution in [-0.2, 0) is 0 Å². The highest BCUT2D eigenvalue weighted by molar-refractivity contribution is 6.36. The van der Waals surface area contributed by atoms with Gasteiger partial charge in [0.05, 0.1) is 22.8 Å². The van der Waals surface area contributed by atoms with E-state index in [1.54, 1.807) is 0 Å². The summed E-state index contributed by atoms with van der Waals surface area (Å²) in [4.78, 5) is 5.11. The molecule has 6 aromatic carbocycles. The van der Waals surface area contributed by atoms with Gasteiger partial charge < -0.3 is 5.32 Å². The molecule has 8 rings (SSSR count). The van der Waals surface area contributed by atoms with Crippen molar-refractivity contribution in [3.63, 3.8) is 0 Å². The zero-order valence-electron chi connectivity index (χ0n) is 26.8. The van der Waals surface area contributed by atoms with Crippen LogP contribution in [0.15, 0.2) is 182 Å². The maximum Gasteiger partial charge on any atom is 0.0715 e. The number of hydrogen-bond donors (Lipinski definition) is 2. The van der Waals surface area contributed by atoms with E-state index >= 15 is 0 Å². The lowest BCUT2D eigenvalue weighted by atomic mass is 9.86. The maximum absolute atomic E-state index is 9.61. The van der Waals surface area contributed by atoms with Gasteiger partial charge in [0.15, 0.2) is 0 Å². The molecule has 0 amide bonds. The van der Waals surface area contributed by atoms with Gasteiger partial charge in [-0.05, 0) is 52.1 Å². The van der Waals surface area contributed by atoms with E-state index in [1.165, 1.54) is 0 Å². The van der Waals surface area contributed by atoms with Gasteiger partial charge >= 0.3 is 0 Å². The highest BCUT2D eigenvalue weighted by atomic mass is 14.9. The maximum atomic E-state index is 9.61. The summed E-state index contributed by atoms with van der Waals surface area (Å²) in [6, 6.07) is 62.4. The first-order chi connectivity index (χ1) is 24.2. The number of fused-ring (bicyclic) bond motifs is 1. The first kappa shape index (κ1) is 29.8. The Hall–Kier alpha value is -6.58. The number of pyridine rings is 1. The Morgan fingerprint density at radius 2 is 0.939 bits per heavy atom. The largest absolute Gasteiger partial charge is 0.354 e. The Morgan fingerprint density at radius 3 is 1.49 bits per heavy atom. The molecule has 0 saturated heterocycles. The molecule has 3 nitrogen and oxygen atoms in total. The van der Waals surface area contributed by atoms with Crippen LogP contribution in [0.2, 0.25) is 0 Å². The third-order valence-electron chi connectivity index (χ3n) is 8.89. The lowest BCUT2D eigenvalue weighted by Gasteiger charge is -2.27. The second kappa shape index (κ2) is 13.3. The van der Waals surface area contributed by atoms with Crippen molar-refractivity contribution < 1.29 is 0 Å².